The first-order chi connectivity index (χ1) is 9.28. The Morgan fingerprint density at radius 3 is 2.68 bits per heavy atom. The molecule has 0 unspecified atom stereocenters. The smallest absolute Gasteiger partial charge is 0.198 e. The molecular formula is C14H17N5. The Morgan fingerprint density at radius 2 is 1.95 bits per heavy atom. The van der Waals surface area contributed by atoms with Crippen molar-refractivity contribution >= 4 is 0 Å². The van der Waals surface area contributed by atoms with Crippen LogP contribution in [0.5, 0.6) is 0 Å². The third-order valence-electron chi connectivity index (χ3n) is 3.33. The van der Waals surface area contributed by atoms with Crippen molar-refractivity contribution in [1.82, 2.24) is 25.3 Å². The lowest BCUT2D eigenvalue weighted by molar-refractivity contribution is 0.618. The van der Waals surface area contributed by atoms with Gasteiger partial charge in [0.1, 0.15) is 0 Å². The molecule has 0 radical (unpaired) electrons. The maximum absolute atomic E-state index is 4.65. The van der Waals surface area contributed by atoms with E-state index in [0.717, 1.165) is 42.9 Å². The molecule has 1 aliphatic rings. The van der Waals surface area contributed by atoms with Crippen LogP contribution in [-0.2, 0) is 19.4 Å². The van der Waals surface area contributed by atoms with Gasteiger partial charge in [-0.2, -0.15) is 0 Å². The summed E-state index contributed by atoms with van der Waals surface area (Å²) in [5.41, 5.74) is 4.55. The lowest BCUT2D eigenvalue weighted by Gasteiger charge is -2.19. The van der Waals surface area contributed by atoms with Crippen LogP contribution in [0.1, 0.15) is 29.4 Å². The molecule has 0 saturated carbocycles. The Morgan fingerprint density at radius 1 is 1.16 bits per heavy atom. The standard InChI is InChI=1S/C14H17N5/c1-3-11-10-8-15-5-4-12(10)19-14(18-11)13-16-6-9(2)7-17-13/h6-7,15H,3-5,8H2,1-2H3. The number of hydrogen-bond donors (Lipinski definition) is 1. The second kappa shape index (κ2) is 5.01. The van der Waals surface area contributed by atoms with Crippen molar-refractivity contribution in [3.8, 4) is 11.6 Å². The number of nitrogens with one attached hydrogen (secondary N) is 1. The summed E-state index contributed by atoms with van der Waals surface area (Å²) < 4.78 is 0. The maximum atomic E-state index is 4.65. The summed E-state index contributed by atoms with van der Waals surface area (Å²) in [6.07, 6.45) is 5.46. The molecule has 98 valence electrons. The maximum Gasteiger partial charge on any atom is 0.198 e. The van der Waals surface area contributed by atoms with Crippen LogP contribution in [0.3, 0.4) is 0 Å². The van der Waals surface area contributed by atoms with Crippen LogP contribution in [0.4, 0.5) is 0 Å². The van der Waals surface area contributed by atoms with Gasteiger partial charge in [-0.05, 0) is 18.9 Å². The summed E-state index contributed by atoms with van der Waals surface area (Å²) in [5, 5.41) is 3.37. The monoisotopic (exact) mass is 255 g/mol. The second-order valence-corrected chi connectivity index (χ2v) is 4.78. The van der Waals surface area contributed by atoms with Crippen LogP contribution in [0.15, 0.2) is 12.4 Å². The van der Waals surface area contributed by atoms with E-state index in [-0.39, 0.29) is 0 Å². The van der Waals surface area contributed by atoms with Gasteiger partial charge in [0.05, 0.1) is 5.69 Å². The van der Waals surface area contributed by atoms with Crippen LogP contribution in [0.25, 0.3) is 11.6 Å². The predicted molar refractivity (Wildman–Crippen MR) is 72.6 cm³/mol. The fourth-order valence-corrected chi connectivity index (χ4v) is 2.31. The predicted octanol–water partition coefficient (Wildman–Crippen LogP) is 1.45. The van der Waals surface area contributed by atoms with E-state index >= 15 is 0 Å². The van der Waals surface area contributed by atoms with Gasteiger partial charge in [-0.1, -0.05) is 6.92 Å². The van der Waals surface area contributed by atoms with Crippen molar-refractivity contribution in [3.05, 3.63) is 34.9 Å². The highest BCUT2D eigenvalue weighted by atomic mass is 15.0. The number of rotatable bonds is 2. The van der Waals surface area contributed by atoms with Crippen molar-refractivity contribution in [1.29, 1.82) is 0 Å². The van der Waals surface area contributed by atoms with E-state index < -0.39 is 0 Å². The van der Waals surface area contributed by atoms with Gasteiger partial charge in [0.25, 0.3) is 0 Å². The normalized spacial score (nSPS) is 14.2. The molecule has 2 aromatic rings. The van der Waals surface area contributed by atoms with E-state index in [1.807, 2.05) is 6.92 Å². The van der Waals surface area contributed by atoms with Crippen molar-refractivity contribution in [2.75, 3.05) is 6.54 Å². The number of fused-ring (bicyclic) bond motifs is 1. The highest BCUT2D eigenvalue weighted by Gasteiger charge is 2.17. The summed E-state index contributed by atoms with van der Waals surface area (Å²) in [4.78, 5) is 17.9. The van der Waals surface area contributed by atoms with Crippen molar-refractivity contribution in [3.63, 3.8) is 0 Å². The lowest BCUT2D eigenvalue weighted by Crippen LogP contribution is -2.26. The second-order valence-electron chi connectivity index (χ2n) is 4.78. The van der Waals surface area contributed by atoms with Crippen LogP contribution in [-0.4, -0.2) is 26.5 Å². The zero-order valence-electron chi connectivity index (χ0n) is 11.3. The van der Waals surface area contributed by atoms with Gasteiger partial charge in [-0.25, -0.2) is 19.9 Å². The third kappa shape index (κ3) is 2.33. The Labute approximate surface area is 112 Å². The van der Waals surface area contributed by atoms with Crippen molar-refractivity contribution < 1.29 is 0 Å². The molecule has 0 saturated heterocycles. The number of aryl methyl sites for hydroxylation is 2. The molecule has 0 amide bonds. The first-order valence-electron chi connectivity index (χ1n) is 6.66. The molecule has 1 N–H and O–H groups in total. The van der Waals surface area contributed by atoms with Gasteiger partial charge in [0.2, 0.25) is 0 Å². The molecule has 0 spiro atoms. The average molecular weight is 255 g/mol. The summed E-state index contributed by atoms with van der Waals surface area (Å²) in [5.74, 6) is 1.26. The first-order valence-corrected chi connectivity index (χ1v) is 6.66. The van der Waals surface area contributed by atoms with E-state index in [1.54, 1.807) is 12.4 Å². The largest absolute Gasteiger partial charge is 0.312 e. The minimum Gasteiger partial charge on any atom is -0.312 e. The van der Waals surface area contributed by atoms with Crippen LogP contribution in [0, 0.1) is 6.92 Å². The van der Waals surface area contributed by atoms with Gasteiger partial charge >= 0.3 is 0 Å². The molecular weight excluding hydrogens is 238 g/mol. The quantitative estimate of drug-likeness (QED) is 0.880. The zero-order valence-corrected chi connectivity index (χ0v) is 11.3. The highest BCUT2D eigenvalue weighted by Crippen LogP contribution is 2.19. The Balaban J connectivity index is 2.09. The van der Waals surface area contributed by atoms with Crippen molar-refractivity contribution in [2.45, 2.75) is 33.2 Å². The van der Waals surface area contributed by atoms with E-state index in [0.29, 0.717) is 11.6 Å². The summed E-state index contributed by atoms with van der Waals surface area (Å²) in [7, 11) is 0. The fourth-order valence-electron chi connectivity index (χ4n) is 2.31. The van der Waals surface area contributed by atoms with Crippen LogP contribution >= 0.6 is 0 Å². The molecule has 5 heteroatoms. The van der Waals surface area contributed by atoms with Gasteiger partial charge in [0.15, 0.2) is 11.6 Å². The van der Waals surface area contributed by atoms with Crippen LogP contribution < -0.4 is 5.32 Å². The summed E-state index contributed by atoms with van der Waals surface area (Å²) in [6.45, 7) is 5.94. The van der Waals surface area contributed by atoms with E-state index in [4.69, 9.17) is 0 Å². The molecule has 2 aromatic heterocycles. The molecule has 19 heavy (non-hydrogen) atoms. The molecule has 0 atom stereocenters. The zero-order chi connectivity index (χ0) is 13.2. The fraction of sp³-hybridized carbons (Fsp3) is 0.429. The van der Waals surface area contributed by atoms with Crippen LogP contribution in [0.2, 0.25) is 0 Å². The van der Waals surface area contributed by atoms with Gasteiger partial charge in [-0.3, -0.25) is 0 Å². The molecule has 1 aliphatic heterocycles. The molecule has 3 rings (SSSR count). The van der Waals surface area contributed by atoms with E-state index in [2.05, 4.69) is 32.2 Å². The Bertz CT molecular complexity index is 574. The molecule has 0 aromatic carbocycles. The van der Waals surface area contributed by atoms with E-state index in [1.165, 1.54) is 5.56 Å². The summed E-state index contributed by atoms with van der Waals surface area (Å²) in [6, 6.07) is 0. The Hall–Kier alpha value is -1.88. The minimum atomic E-state index is 0.613. The minimum absolute atomic E-state index is 0.613. The van der Waals surface area contributed by atoms with Gasteiger partial charge in [0, 0.05) is 43.2 Å². The lowest BCUT2D eigenvalue weighted by atomic mass is 10.0. The number of aromatic nitrogens is 4. The third-order valence-corrected chi connectivity index (χ3v) is 3.33. The molecule has 3 heterocycles. The topological polar surface area (TPSA) is 63.6 Å². The van der Waals surface area contributed by atoms with E-state index in [9.17, 15) is 0 Å². The SMILES string of the molecule is CCc1nc(-c2ncc(C)cn2)nc2c1CNCC2. The number of nitrogens with zero attached hydrogens (tertiary/aromatic N) is 4. The number of hydrogen-bond acceptors (Lipinski definition) is 5. The van der Waals surface area contributed by atoms with Gasteiger partial charge in [-0.15, -0.1) is 0 Å². The molecule has 0 bridgehead atoms. The average Bonchev–Trinajstić information content (AvgIpc) is 2.47. The summed E-state index contributed by atoms with van der Waals surface area (Å²) >= 11 is 0. The highest BCUT2D eigenvalue weighted by molar-refractivity contribution is 5.46. The molecule has 0 fully saturated rings. The van der Waals surface area contributed by atoms with Crippen molar-refractivity contribution in [2.24, 2.45) is 0 Å². The molecule has 5 nitrogen and oxygen atoms in total. The first kappa shape index (κ1) is 12.2. The molecule has 0 aliphatic carbocycles. The Kier molecular flexibility index (Phi) is 3.21. The van der Waals surface area contributed by atoms with Gasteiger partial charge < -0.3 is 5.32 Å².